The lowest BCUT2D eigenvalue weighted by Gasteiger charge is -2.31. The molecule has 6 aromatic rings. The zero-order chi connectivity index (χ0) is 27.5. The first-order valence-corrected chi connectivity index (χ1v) is 17.9. The van der Waals surface area contributed by atoms with Gasteiger partial charge >= 0.3 is 0 Å². The van der Waals surface area contributed by atoms with Crippen LogP contribution in [0.5, 0.6) is 0 Å². The van der Waals surface area contributed by atoms with Crippen molar-refractivity contribution in [2.24, 2.45) is 0 Å². The van der Waals surface area contributed by atoms with Gasteiger partial charge in [-0.2, -0.15) is 0 Å². The highest BCUT2D eigenvalue weighted by Gasteiger charge is 2.36. The fraction of sp³-hybridized carbons (Fsp3) is 0. The minimum absolute atomic E-state index is 0.718. The van der Waals surface area contributed by atoms with E-state index in [0.717, 1.165) is 0 Å². The Morgan fingerprint density at radius 1 is 0.366 bits per heavy atom. The van der Waals surface area contributed by atoms with E-state index >= 15 is 0 Å². The lowest BCUT2D eigenvalue weighted by Crippen LogP contribution is -2.29. The first-order valence-electron chi connectivity index (χ1n) is 13.9. The van der Waals surface area contributed by atoms with Crippen LogP contribution in [-0.2, 0) is 0 Å². The summed E-state index contributed by atoms with van der Waals surface area (Å²) in [6.45, 7) is -2.20. The third kappa shape index (κ3) is 4.68. The van der Waals surface area contributed by atoms with E-state index in [0.29, 0.717) is 0 Å². The Bertz CT molecular complexity index is 1720. The van der Waals surface area contributed by atoms with Crippen LogP contribution in [0.1, 0.15) is 11.1 Å². The summed E-state index contributed by atoms with van der Waals surface area (Å²) in [6, 6.07) is 65.2. The van der Waals surface area contributed by atoms with E-state index in [1.807, 2.05) is 0 Å². The zero-order valence-electron chi connectivity index (χ0n) is 22.6. The second kappa shape index (κ2) is 11.6. The normalized spacial score (nSPS) is 13.1. The fourth-order valence-corrected chi connectivity index (χ4v) is 16.4. The third-order valence-electron chi connectivity index (χ3n) is 7.61. The molecular formula is C38H29P3. The van der Waals surface area contributed by atoms with Gasteiger partial charge in [0.1, 0.15) is 0 Å². The molecule has 41 heavy (non-hydrogen) atoms. The Morgan fingerprint density at radius 3 is 1.12 bits per heavy atom. The monoisotopic (exact) mass is 578 g/mol. The molecule has 0 atom stereocenters. The van der Waals surface area contributed by atoms with E-state index < -0.39 is 14.8 Å². The molecule has 1 heterocycles. The molecule has 0 nitrogen and oxygen atoms in total. The minimum Gasteiger partial charge on any atom is -0.0622 e. The Labute approximate surface area is 245 Å². The summed E-state index contributed by atoms with van der Waals surface area (Å²) >= 11 is 0. The van der Waals surface area contributed by atoms with Crippen molar-refractivity contribution in [3.8, 4) is 0 Å². The number of hydrogen-bond donors (Lipinski definition) is 0. The second-order valence-corrected chi connectivity index (χ2v) is 17.3. The molecule has 0 saturated carbocycles. The Morgan fingerprint density at radius 2 is 0.707 bits per heavy atom. The second-order valence-electron chi connectivity index (χ2n) is 9.99. The maximum absolute atomic E-state index is 2.37. The van der Waals surface area contributed by atoms with Crippen molar-refractivity contribution >= 4 is 59.6 Å². The van der Waals surface area contributed by atoms with Crippen LogP contribution in [0.4, 0.5) is 0 Å². The van der Waals surface area contributed by atoms with E-state index in [4.69, 9.17) is 0 Å². The molecule has 0 aliphatic carbocycles. The van der Waals surface area contributed by atoms with Crippen molar-refractivity contribution in [2.45, 2.75) is 0 Å². The van der Waals surface area contributed by atoms with Gasteiger partial charge in [-0.15, -0.1) is 0 Å². The molecule has 196 valence electrons. The molecule has 0 spiro atoms. The molecular weight excluding hydrogens is 549 g/mol. The first-order chi connectivity index (χ1) is 20.4. The quantitative estimate of drug-likeness (QED) is 0.178. The summed E-state index contributed by atoms with van der Waals surface area (Å²) in [6.07, 6.45) is 0. The third-order valence-corrected chi connectivity index (χ3v) is 17.0. The van der Waals surface area contributed by atoms with Crippen LogP contribution in [0.2, 0.25) is 0 Å². The topological polar surface area (TPSA) is 0 Å². The fourth-order valence-electron chi connectivity index (χ4n) is 5.84. The zero-order valence-corrected chi connectivity index (χ0v) is 25.3. The predicted octanol–water partition coefficient (Wildman–Crippen LogP) is 7.73. The van der Waals surface area contributed by atoms with Gasteiger partial charge in [0.05, 0.1) is 0 Å². The van der Waals surface area contributed by atoms with Gasteiger partial charge < -0.3 is 0 Å². The van der Waals surface area contributed by atoms with Gasteiger partial charge in [-0.05, 0) is 52.5 Å². The number of fused-ring (bicyclic) bond motifs is 1. The number of benzene rings is 6. The highest BCUT2D eigenvalue weighted by molar-refractivity contribution is 8.08. The molecule has 0 N–H and O–H groups in total. The summed E-state index contributed by atoms with van der Waals surface area (Å²) in [4.78, 5) is 0. The van der Waals surface area contributed by atoms with Crippen molar-refractivity contribution in [3.63, 3.8) is 0 Å². The SMILES string of the molecule is c1ccc(P(C2=PC(=P(c3ccccc3)(c3ccccc3)c3ccccc3)c3ccccc32)c2ccccc2)cc1. The van der Waals surface area contributed by atoms with E-state index in [1.165, 1.54) is 55.9 Å². The largest absolute Gasteiger partial charge is 0.0622 e. The van der Waals surface area contributed by atoms with E-state index in [2.05, 4.69) is 176 Å². The maximum atomic E-state index is 2.37. The average Bonchev–Trinajstić information content (AvgIpc) is 3.43. The summed E-state index contributed by atoms with van der Waals surface area (Å²) in [7, 11) is 0.602. The standard InChI is InChI=1S/C38H29P3/c1-6-18-30(19-7-1)40(31-20-8-2-9-21-31)37-35-28-16-17-29-36(35)38(39-37)41(32-22-10-3-11-23-32,33-24-12-4-13-25-33)34-26-14-5-15-27-34/h1-29H. The summed E-state index contributed by atoms with van der Waals surface area (Å²) in [5.41, 5.74) is 2.79. The van der Waals surface area contributed by atoms with E-state index in [-0.39, 0.29) is 0 Å². The molecule has 1 aliphatic heterocycles. The molecule has 7 rings (SSSR count). The average molecular weight is 579 g/mol. The van der Waals surface area contributed by atoms with Gasteiger partial charge in [-0.3, -0.25) is 0 Å². The molecule has 1 aliphatic rings. The lowest BCUT2D eigenvalue weighted by atomic mass is 10.1. The minimum atomic E-state index is -2.20. The predicted molar refractivity (Wildman–Crippen MR) is 186 cm³/mol. The van der Waals surface area contributed by atoms with Gasteiger partial charge in [0.2, 0.25) is 0 Å². The van der Waals surface area contributed by atoms with Crippen molar-refractivity contribution in [1.82, 2.24) is 0 Å². The van der Waals surface area contributed by atoms with Crippen molar-refractivity contribution in [3.05, 3.63) is 187 Å². The molecule has 0 amide bonds. The van der Waals surface area contributed by atoms with Crippen molar-refractivity contribution in [2.75, 3.05) is 0 Å². The molecule has 0 unspecified atom stereocenters. The summed E-state index contributed by atoms with van der Waals surface area (Å²) in [5.74, 6) is 0. The van der Waals surface area contributed by atoms with Crippen LogP contribution in [0.25, 0.3) is 0 Å². The smallest absolute Gasteiger partial charge is 0.0205 e. The maximum Gasteiger partial charge on any atom is 0.0205 e. The van der Waals surface area contributed by atoms with Crippen LogP contribution in [0.15, 0.2) is 176 Å². The van der Waals surface area contributed by atoms with Gasteiger partial charge in [-0.25, -0.2) is 0 Å². The number of rotatable bonds is 6. The van der Waals surface area contributed by atoms with Crippen LogP contribution in [0.3, 0.4) is 0 Å². The Balaban J connectivity index is 1.66. The van der Waals surface area contributed by atoms with Crippen LogP contribution >= 0.6 is 23.0 Å². The van der Waals surface area contributed by atoms with Crippen LogP contribution in [0, 0.1) is 0 Å². The van der Waals surface area contributed by atoms with Crippen molar-refractivity contribution < 1.29 is 0 Å². The molecule has 0 saturated heterocycles. The first kappa shape index (κ1) is 26.1. The molecule has 6 aromatic carbocycles. The van der Waals surface area contributed by atoms with Crippen LogP contribution in [-0.4, -0.2) is 10.1 Å². The van der Waals surface area contributed by atoms with Gasteiger partial charge in [0.25, 0.3) is 0 Å². The molecule has 0 bridgehead atoms. The van der Waals surface area contributed by atoms with Gasteiger partial charge in [0.15, 0.2) is 0 Å². The van der Waals surface area contributed by atoms with Crippen molar-refractivity contribution in [1.29, 1.82) is 0 Å². The lowest BCUT2D eigenvalue weighted by molar-refractivity contribution is 1.66. The highest BCUT2D eigenvalue weighted by atomic mass is 31.2. The molecule has 0 aromatic heterocycles. The Kier molecular flexibility index (Phi) is 7.40. The van der Waals surface area contributed by atoms with Gasteiger partial charge in [0, 0.05) is 10.1 Å². The van der Waals surface area contributed by atoms with E-state index in [9.17, 15) is 0 Å². The summed E-state index contributed by atoms with van der Waals surface area (Å²) in [5, 5.41) is 10.1. The van der Waals surface area contributed by atoms with E-state index in [1.54, 1.807) is 0 Å². The summed E-state index contributed by atoms with van der Waals surface area (Å²) < 4.78 is 0. The molecule has 3 heteroatoms. The van der Waals surface area contributed by atoms with Crippen LogP contribution < -0.4 is 26.5 Å². The molecule has 0 fully saturated rings. The highest BCUT2D eigenvalue weighted by Crippen LogP contribution is 2.56. The van der Waals surface area contributed by atoms with Gasteiger partial charge in [-0.1, -0.05) is 184 Å². The number of hydrogen-bond acceptors (Lipinski definition) is 0. The Hall–Kier alpha value is -3.78. The molecule has 0 radical (unpaired) electrons.